The molecule has 0 bridgehead atoms. The van der Waals surface area contributed by atoms with Gasteiger partial charge in [0.15, 0.2) is 0 Å². The molecule has 2 aliphatic rings. The first-order chi connectivity index (χ1) is 8.51. The van der Waals surface area contributed by atoms with Crippen LogP contribution in [0.3, 0.4) is 0 Å². The van der Waals surface area contributed by atoms with Gasteiger partial charge in [-0.25, -0.2) is 0 Å². The summed E-state index contributed by atoms with van der Waals surface area (Å²) in [6, 6.07) is 0. The lowest BCUT2D eigenvalue weighted by Gasteiger charge is -2.49. The molecule has 3 unspecified atom stereocenters. The van der Waals surface area contributed by atoms with Crippen molar-refractivity contribution in [3.05, 3.63) is 0 Å². The number of nitrogens with zero attached hydrogens (tertiary/aromatic N) is 1. The second-order valence-electron chi connectivity index (χ2n) is 6.85. The molecule has 1 aliphatic heterocycles. The Labute approximate surface area is 111 Å². The van der Waals surface area contributed by atoms with Crippen LogP contribution in [0.25, 0.3) is 0 Å². The van der Waals surface area contributed by atoms with Gasteiger partial charge in [0.25, 0.3) is 0 Å². The van der Waals surface area contributed by atoms with Crippen molar-refractivity contribution in [2.45, 2.75) is 58.0 Å². The van der Waals surface area contributed by atoms with Gasteiger partial charge in [-0.2, -0.15) is 0 Å². The number of aliphatic hydroxyl groups is 2. The smallest absolute Gasteiger partial charge is 0.0700 e. The molecular weight excluding hydrogens is 226 g/mol. The Hall–Kier alpha value is -0.120. The number of hydrogen-bond donors (Lipinski definition) is 2. The molecule has 0 aromatic rings. The van der Waals surface area contributed by atoms with Crippen LogP contribution < -0.4 is 0 Å². The van der Waals surface area contributed by atoms with E-state index in [0.717, 1.165) is 38.9 Å². The molecule has 2 fully saturated rings. The van der Waals surface area contributed by atoms with E-state index in [1.165, 1.54) is 19.3 Å². The zero-order valence-corrected chi connectivity index (χ0v) is 12.0. The standard InChI is InChI=1S/C15H29NO2/c1-3-14(2,12-17)11-16-9-8-15(18)7-5-4-6-13(15)10-16/h13,17-18H,3-12H2,1-2H3. The third kappa shape index (κ3) is 2.89. The highest BCUT2D eigenvalue weighted by molar-refractivity contribution is 4.96. The normalized spacial score (nSPS) is 37.0. The van der Waals surface area contributed by atoms with Gasteiger partial charge >= 0.3 is 0 Å². The molecule has 18 heavy (non-hydrogen) atoms. The fourth-order valence-electron chi connectivity index (χ4n) is 3.60. The molecule has 1 heterocycles. The molecule has 1 saturated heterocycles. The second kappa shape index (κ2) is 5.48. The minimum Gasteiger partial charge on any atom is -0.396 e. The van der Waals surface area contributed by atoms with Gasteiger partial charge in [0.2, 0.25) is 0 Å². The predicted molar refractivity (Wildman–Crippen MR) is 73.4 cm³/mol. The molecule has 1 saturated carbocycles. The first-order valence-electron chi connectivity index (χ1n) is 7.57. The fraction of sp³-hybridized carbons (Fsp3) is 1.00. The maximum atomic E-state index is 10.6. The Morgan fingerprint density at radius 2 is 2.11 bits per heavy atom. The van der Waals surface area contributed by atoms with Gasteiger partial charge in [-0.3, -0.25) is 0 Å². The summed E-state index contributed by atoms with van der Waals surface area (Å²) in [5.41, 5.74) is -0.360. The van der Waals surface area contributed by atoms with Crippen LogP contribution in [-0.2, 0) is 0 Å². The number of likely N-dealkylation sites (tertiary alicyclic amines) is 1. The van der Waals surface area contributed by atoms with Crippen LogP contribution in [0, 0.1) is 11.3 Å². The van der Waals surface area contributed by atoms with Crippen LogP contribution in [0.15, 0.2) is 0 Å². The molecule has 106 valence electrons. The zero-order valence-electron chi connectivity index (χ0n) is 12.0. The van der Waals surface area contributed by atoms with Crippen molar-refractivity contribution in [3.8, 4) is 0 Å². The van der Waals surface area contributed by atoms with E-state index in [9.17, 15) is 10.2 Å². The molecule has 1 aliphatic carbocycles. The molecule has 0 aromatic carbocycles. The summed E-state index contributed by atoms with van der Waals surface area (Å²) in [6.45, 7) is 7.54. The van der Waals surface area contributed by atoms with Crippen molar-refractivity contribution >= 4 is 0 Å². The molecule has 0 radical (unpaired) electrons. The summed E-state index contributed by atoms with van der Waals surface area (Å²) in [5.74, 6) is 0.458. The van der Waals surface area contributed by atoms with Gasteiger partial charge in [0, 0.05) is 37.6 Å². The number of hydrogen-bond acceptors (Lipinski definition) is 3. The molecule has 0 amide bonds. The Morgan fingerprint density at radius 3 is 2.78 bits per heavy atom. The van der Waals surface area contributed by atoms with Crippen LogP contribution in [0.4, 0.5) is 0 Å². The summed E-state index contributed by atoms with van der Waals surface area (Å²) in [7, 11) is 0. The van der Waals surface area contributed by atoms with Crippen LogP contribution >= 0.6 is 0 Å². The Bertz CT molecular complexity index is 278. The predicted octanol–water partition coefficient (Wildman–Crippen LogP) is 2.02. The number of rotatable bonds is 4. The van der Waals surface area contributed by atoms with E-state index < -0.39 is 0 Å². The fourth-order valence-corrected chi connectivity index (χ4v) is 3.60. The van der Waals surface area contributed by atoms with E-state index in [1.807, 2.05) is 0 Å². The lowest BCUT2D eigenvalue weighted by atomic mass is 9.71. The monoisotopic (exact) mass is 255 g/mol. The topological polar surface area (TPSA) is 43.7 Å². The minimum atomic E-state index is -0.378. The summed E-state index contributed by atoms with van der Waals surface area (Å²) >= 11 is 0. The third-order valence-corrected chi connectivity index (χ3v) is 5.35. The van der Waals surface area contributed by atoms with E-state index >= 15 is 0 Å². The average Bonchev–Trinajstić information content (AvgIpc) is 2.39. The van der Waals surface area contributed by atoms with Gasteiger partial charge < -0.3 is 15.1 Å². The van der Waals surface area contributed by atoms with E-state index in [2.05, 4.69) is 18.7 Å². The van der Waals surface area contributed by atoms with Crippen molar-refractivity contribution in [2.24, 2.45) is 11.3 Å². The summed E-state index contributed by atoms with van der Waals surface area (Å²) in [5, 5.41) is 20.2. The molecule has 3 nitrogen and oxygen atoms in total. The summed E-state index contributed by atoms with van der Waals surface area (Å²) in [4.78, 5) is 2.46. The van der Waals surface area contributed by atoms with Crippen LogP contribution in [-0.4, -0.2) is 47.0 Å². The lowest BCUT2D eigenvalue weighted by Crippen LogP contribution is -2.55. The van der Waals surface area contributed by atoms with Crippen molar-refractivity contribution < 1.29 is 10.2 Å². The second-order valence-corrected chi connectivity index (χ2v) is 6.85. The highest BCUT2D eigenvalue weighted by atomic mass is 16.3. The van der Waals surface area contributed by atoms with E-state index in [-0.39, 0.29) is 17.6 Å². The zero-order chi connectivity index (χ0) is 13.2. The summed E-state index contributed by atoms with van der Waals surface area (Å²) in [6.07, 6.45) is 6.56. The highest BCUT2D eigenvalue weighted by Gasteiger charge is 2.43. The number of piperidine rings is 1. The third-order valence-electron chi connectivity index (χ3n) is 5.35. The highest BCUT2D eigenvalue weighted by Crippen LogP contribution is 2.40. The van der Waals surface area contributed by atoms with Crippen molar-refractivity contribution in [3.63, 3.8) is 0 Å². The molecule has 3 heteroatoms. The SMILES string of the molecule is CCC(C)(CO)CN1CCC2(O)CCCCC2C1. The van der Waals surface area contributed by atoms with E-state index in [1.54, 1.807) is 0 Å². The van der Waals surface area contributed by atoms with Gasteiger partial charge in [0.05, 0.1) is 5.60 Å². The number of aliphatic hydroxyl groups excluding tert-OH is 1. The van der Waals surface area contributed by atoms with Crippen molar-refractivity contribution in [2.75, 3.05) is 26.2 Å². The molecule has 2 rings (SSSR count). The van der Waals surface area contributed by atoms with Crippen molar-refractivity contribution in [1.82, 2.24) is 4.90 Å². The maximum Gasteiger partial charge on any atom is 0.0700 e. The maximum absolute atomic E-state index is 10.6. The molecule has 0 spiro atoms. The van der Waals surface area contributed by atoms with Gasteiger partial charge in [-0.05, 0) is 25.7 Å². The molecular formula is C15H29NO2. The quantitative estimate of drug-likeness (QED) is 0.808. The first kappa shape index (κ1) is 14.3. The largest absolute Gasteiger partial charge is 0.396 e. The van der Waals surface area contributed by atoms with Gasteiger partial charge in [0.1, 0.15) is 0 Å². The average molecular weight is 255 g/mol. The Balaban J connectivity index is 1.94. The molecule has 0 aromatic heterocycles. The van der Waals surface area contributed by atoms with Crippen LogP contribution in [0.1, 0.15) is 52.4 Å². The Kier molecular flexibility index (Phi) is 4.35. The van der Waals surface area contributed by atoms with E-state index in [4.69, 9.17) is 0 Å². The molecule has 3 atom stereocenters. The Morgan fingerprint density at radius 1 is 1.33 bits per heavy atom. The van der Waals surface area contributed by atoms with Crippen LogP contribution in [0.2, 0.25) is 0 Å². The molecule has 2 N–H and O–H groups in total. The number of fused-ring (bicyclic) bond motifs is 1. The van der Waals surface area contributed by atoms with Crippen LogP contribution in [0.5, 0.6) is 0 Å². The van der Waals surface area contributed by atoms with Crippen molar-refractivity contribution in [1.29, 1.82) is 0 Å². The first-order valence-corrected chi connectivity index (χ1v) is 7.57. The van der Waals surface area contributed by atoms with Gasteiger partial charge in [-0.15, -0.1) is 0 Å². The minimum absolute atomic E-state index is 0.0180. The van der Waals surface area contributed by atoms with E-state index in [0.29, 0.717) is 5.92 Å². The summed E-state index contributed by atoms with van der Waals surface area (Å²) < 4.78 is 0. The van der Waals surface area contributed by atoms with Gasteiger partial charge in [-0.1, -0.05) is 26.7 Å². The lowest BCUT2D eigenvalue weighted by molar-refractivity contribution is -0.102.